The zero-order valence-corrected chi connectivity index (χ0v) is 13.8. The first-order valence-corrected chi connectivity index (χ1v) is 8.93. The van der Waals surface area contributed by atoms with Gasteiger partial charge in [0.15, 0.2) is 0 Å². The lowest BCUT2D eigenvalue weighted by atomic mass is 10.1. The van der Waals surface area contributed by atoms with Gasteiger partial charge >= 0.3 is 0 Å². The van der Waals surface area contributed by atoms with Gasteiger partial charge < -0.3 is 0 Å². The average Bonchev–Trinajstić information content (AvgIpc) is 2.43. The van der Waals surface area contributed by atoms with Crippen LogP contribution in [0.3, 0.4) is 0 Å². The minimum absolute atomic E-state index is 0.732. The van der Waals surface area contributed by atoms with E-state index in [0.717, 1.165) is 18.3 Å². The number of thioether (sulfide) groups is 1. The Bertz CT molecular complexity index is 195. The third kappa shape index (κ3) is 16.0. The van der Waals surface area contributed by atoms with Crippen LogP contribution in [-0.4, -0.2) is 25.2 Å². The van der Waals surface area contributed by atoms with Crippen molar-refractivity contribution in [1.29, 1.82) is 0 Å². The highest BCUT2D eigenvalue weighted by molar-refractivity contribution is 7.99. The van der Waals surface area contributed by atoms with Gasteiger partial charge in [0.2, 0.25) is 0 Å². The molecule has 19 heavy (non-hydrogen) atoms. The molecular formula is C16H32O2S. The summed E-state index contributed by atoms with van der Waals surface area (Å²) in [6.45, 7) is 3.02. The van der Waals surface area contributed by atoms with Gasteiger partial charge in [-0.3, -0.25) is 0 Å². The van der Waals surface area contributed by atoms with Crippen molar-refractivity contribution in [2.45, 2.75) is 70.0 Å². The summed E-state index contributed by atoms with van der Waals surface area (Å²) in [6.07, 6.45) is 18.5. The van der Waals surface area contributed by atoms with E-state index in [1.165, 1.54) is 51.4 Å². The molecule has 0 amide bonds. The van der Waals surface area contributed by atoms with E-state index >= 15 is 0 Å². The summed E-state index contributed by atoms with van der Waals surface area (Å²) in [7, 11) is 1.57. The van der Waals surface area contributed by atoms with Gasteiger partial charge in [0.1, 0.15) is 0 Å². The van der Waals surface area contributed by atoms with Gasteiger partial charge in [-0.1, -0.05) is 51.2 Å². The zero-order chi connectivity index (χ0) is 14.2. The van der Waals surface area contributed by atoms with Crippen LogP contribution in [0.15, 0.2) is 12.2 Å². The molecule has 2 nitrogen and oxygen atoms in total. The summed E-state index contributed by atoms with van der Waals surface area (Å²) >= 11 is 1.94. The van der Waals surface area contributed by atoms with Crippen LogP contribution in [0.1, 0.15) is 64.7 Å². The Kier molecular flexibility index (Phi) is 16.1. The average molecular weight is 288 g/mol. The summed E-state index contributed by atoms with van der Waals surface area (Å²) in [5, 5.41) is 0.762. The Morgan fingerprint density at radius 2 is 1.58 bits per heavy atom. The second-order valence-electron chi connectivity index (χ2n) is 5.01. The first-order valence-electron chi connectivity index (χ1n) is 7.64. The van der Waals surface area contributed by atoms with Crippen molar-refractivity contribution in [2.75, 3.05) is 20.0 Å². The molecular weight excluding hydrogens is 256 g/mol. The quantitative estimate of drug-likeness (QED) is 0.185. The lowest BCUT2D eigenvalue weighted by molar-refractivity contribution is -0.272. The van der Waals surface area contributed by atoms with Gasteiger partial charge in [-0.25, -0.2) is 9.78 Å². The van der Waals surface area contributed by atoms with Crippen LogP contribution in [0.4, 0.5) is 0 Å². The molecule has 0 saturated heterocycles. The minimum Gasteiger partial charge on any atom is -0.240 e. The molecule has 3 heteroatoms. The van der Waals surface area contributed by atoms with Crippen LogP contribution >= 0.6 is 11.8 Å². The molecule has 0 aromatic carbocycles. The smallest absolute Gasteiger partial charge is 0.0822 e. The number of hydrogen-bond acceptors (Lipinski definition) is 3. The van der Waals surface area contributed by atoms with E-state index in [9.17, 15) is 0 Å². The SMILES string of the molecule is COOCCCCCCCCC/C=C\CC(C)SC. The van der Waals surface area contributed by atoms with Crippen molar-refractivity contribution in [1.82, 2.24) is 0 Å². The highest BCUT2D eigenvalue weighted by Gasteiger charge is 1.94. The molecule has 0 spiro atoms. The van der Waals surface area contributed by atoms with Crippen LogP contribution in [0, 0.1) is 0 Å². The molecule has 0 bridgehead atoms. The largest absolute Gasteiger partial charge is 0.240 e. The Balaban J connectivity index is 3.06. The lowest BCUT2D eigenvalue weighted by Gasteiger charge is -2.02. The summed E-state index contributed by atoms with van der Waals surface area (Å²) < 4.78 is 0. The van der Waals surface area contributed by atoms with Crippen molar-refractivity contribution in [3.05, 3.63) is 12.2 Å². The fourth-order valence-electron chi connectivity index (χ4n) is 1.89. The monoisotopic (exact) mass is 288 g/mol. The Hall–Kier alpha value is 0.01000. The van der Waals surface area contributed by atoms with Crippen LogP contribution in [0.25, 0.3) is 0 Å². The maximum Gasteiger partial charge on any atom is 0.0822 e. The van der Waals surface area contributed by atoms with Gasteiger partial charge in [0.25, 0.3) is 0 Å². The van der Waals surface area contributed by atoms with Gasteiger partial charge in [-0.05, 0) is 31.9 Å². The topological polar surface area (TPSA) is 18.5 Å². The first kappa shape index (κ1) is 19.0. The number of allylic oxidation sites excluding steroid dienone is 2. The third-order valence-corrected chi connectivity index (χ3v) is 4.25. The Labute approximate surface area is 124 Å². The van der Waals surface area contributed by atoms with Crippen molar-refractivity contribution >= 4 is 11.8 Å². The Morgan fingerprint density at radius 3 is 2.21 bits per heavy atom. The van der Waals surface area contributed by atoms with Gasteiger partial charge in [-0.15, -0.1) is 0 Å². The predicted octanol–water partition coefficient (Wildman–Crippen LogP) is 5.38. The summed E-state index contributed by atoms with van der Waals surface area (Å²) in [6, 6.07) is 0. The molecule has 0 heterocycles. The molecule has 0 rings (SSSR count). The second-order valence-corrected chi connectivity index (χ2v) is 6.28. The number of rotatable bonds is 14. The van der Waals surface area contributed by atoms with Crippen molar-refractivity contribution in [3.63, 3.8) is 0 Å². The molecule has 114 valence electrons. The van der Waals surface area contributed by atoms with Gasteiger partial charge in [-0.2, -0.15) is 11.8 Å². The number of unbranched alkanes of at least 4 members (excludes halogenated alkanes) is 7. The van der Waals surface area contributed by atoms with E-state index in [1.54, 1.807) is 7.11 Å². The first-order chi connectivity index (χ1) is 9.31. The van der Waals surface area contributed by atoms with Crippen LogP contribution in [0.2, 0.25) is 0 Å². The summed E-state index contributed by atoms with van der Waals surface area (Å²) in [5.74, 6) is 0. The maximum absolute atomic E-state index is 4.83. The molecule has 0 aliphatic rings. The van der Waals surface area contributed by atoms with Crippen molar-refractivity contribution < 1.29 is 9.78 Å². The molecule has 0 N–H and O–H groups in total. The summed E-state index contributed by atoms with van der Waals surface area (Å²) in [4.78, 5) is 9.38. The molecule has 1 unspecified atom stereocenters. The molecule has 0 aromatic heterocycles. The van der Waals surface area contributed by atoms with E-state index in [0.29, 0.717) is 0 Å². The minimum atomic E-state index is 0.732. The summed E-state index contributed by atoms with van der Waals surface area (Å²) in [5.41, 5.74) is 0. The zero-order valence-electron chi connectivity index (χ0n) is 13.0. The van der Waals surface area contributed by atoms with E-state index in [4.69, 9.17) is 4.89 Å². The molecule has 0 fully saturated rings. The normalized spacial score (nSPS) is 13.2. The van der Waals surface area contributed by atoms with E-state index in [2.05, 4.69) is 30.2 Å². The Morgan fingerprint density at radius 1 is 0.947 bits per heavy atom. The standard InChI is InChI=1S/C16H32O2S/c1-16(19-3)14-12-10-8-6-4-5-7-9-11-13-15-18-17-2/h10,12,16H,4-9,11,13-15H2,1-3H3/b12-10-. The molecule has 0 aliphatic heterocycles. The number of hydrogen-bond donors (Lipinski definition) is 0. The van der Waals surface area contributed by atoms with E-state index in [-0.39, 0.29) is 0 Å². The fourth-order valence-corrected chi connectivity index (χ4v) is 2.20. The fraction of sp³-hybridized carbons (Fsp3) is 0.875. The molecule has 0 aliphatic carbocycles. The van der Waals surface area contributed by atoms with Crippen molar-refractivity contribution in [2.24, 2.45) is 0 Å². The van der Waals surface area contributed by atoms with Gasteiger partial charge in [0.05, 0.1) is 13.7 Å². The highest BCUT2D eigenvalue weighted by Crippen LogP contribution is 2.11. The molecule has 1 atom stereocenters. The van der Waals surface area contributed by atoms with Crippen LogP contribution in [-0.2, 0) is 9.78 Å². The molecule has 0 saturated carbocycles. The maximum atomic E-state index is 4.83. The van der Waals surface area contributed by atoms with Gasteiger partial charge in [0, 0.05) is 5.25 Å². The van der Waals surface area contributed by atoms with Crippen LogP contribution in [0.5, 0.6) is 0 Å². The molecule has 0 aromatic rings. The highest BCUT2D eigenvalue weighted by atomic mass is 32.2. The molecule has 0 radical (unpaired) electrons. The van der Waals surface area contributed by atoms with Crippen LogP contribution < -0.4 is 0 Å². The lowest BCUT2D eigenvalue weighted by Crippen LogP contribution is -1.92. The predicted molar refractivity (Wildman–Crippen MR) is 86.6 cm³/mol. The van der Waals surface area contributed by atoms with E-state index in [1.807, 2.05) is 11.8 Å². The van der Waals surface area contributed by atoms with E-state index < -0.39 is 0 Å². The van der Waals surface area contributed by atoms with Crippen molar-refractivity contribution in [3.8, 4) is 0 Å². The third-order valence-electron chi connectivity index (χ3n) is 3.25. The second kappa shape index (κ2) is 16.1.